The van der Waals surface area contributed by atoms with E-state index in [2.05, 4.69) is 0 Å². The van der Waals surface area contributed by atoms with E-state index in [-0.39, 0.29) is 11.9 Å². The zero-order chi connectivity index (χ0) is 16.1. The Morgan fingerprint density at radius 3 is 1.52 bits per heavy atom. The second kappa shape index (κ2) is 6.76. The van der Waals surface area contributed by atoms with Gasteiger partial charge in [-0.15, -0.1) is 0 Å². The van der Waals surface area contributed by atoms with Crippen LogP contribution in [0.1, 0.15) is 10.4 Å². The van der Waals surface area contributed by atoms with Crippen molar-refractivity contribution in [2.45, 2.75) is 0 Å². The average Bonchev–Trinajstić information content (AvgIpc) is 2.64. The number of ketones is 1. The van der Waals surface area contributed by atoms with E-state index >= 15 is 0 Å². The van der Waals surface area contributed by atoms with Crippen LogP contribution in [-0.4, -0.2) is 11.9 Å². The van der Waals surface area contributed by atoms with Gasteiger partial charge in [-0.25, -0.2) is 0 Å². The Kier molecular flexibility index (Phi) is 4.55. The average molecular weight is 322 g/mol. The predicted molar refractivity (Wildman–Crippen MR) is 95.4 cm³/mol. The van der Waals surface area contributed by atoms with Gasteiger partial charge in [-0.2, -0.15) is 0 Å². The zero-order valence-electron chi connectivity index (χ0n) is 12.6. The van der Waals surface area contributed by atoms with Crippen molar-refractivity contribution in [1.82, 2.24) is 0 Å². The van der Waals surface area contributed by atoms with E-state index in [0.717, 1.165) is 10.6 Å². The van der Waals surface area contributed by atoms with Crippen LogP contribution in [0.4, 0.5) is 0 Å². The molecule has 0 spiro atoms. The van der Waals surface area contributed by atoms with Gasteiger partial charge in [0.25, 0.3) is 0 Å². The highest BCUT2D eigenvalue weighted by Gasteiger charge is 2.30. The molecule has 0 heterocycles. The Labute approximate surface area is 136 Å². The molecule has 0 N–H and O–H groups in total. The van der Waals surface area contributed by atoms with Crippen molar-refractivity contribution in [2.75, 3.05) is 6.16 Å². The molecular formula is C20H17O2P. The van der Waals surface area contributed by atoms with Crippen molar-refractivity contribution in [3.63, 3.8) is 0 Å². The molecule has 23 heavy (non-hydrogen) atoms. The summed E-state index contributed by atoms with van der Waals surface area (Å²) in [6.07, 6.45) is 0.00500. The molecule has 0 aliphatic rings. The third-order valence-electron chi connectivity index (χ3n) is 3.81. The lowest BCUT2D eigenvalue weighted by molar-refractivity contribution is 0.102. The molecule has 0 aliphatic carbocycles. The summed E-state index contributed by atoms with van der Waals surface area (Å²) in [6.45, 7) is 0. The minimum atomic E-state index is -3.00. The standard InChI is InChI=1S/C20H17O2P/c21-20(17-10-4-1-5-11-17)16-23(22,18-12-6-2-7-13-18)19-14-8-3-9-15-19/h1-15H,16H2/i21+2. The lowest BCUT2D eigenvalue weighted by Gasteiger charge is -2.18. The molecule has 3 rings (SSSR count). The highest BCUT2D eigenvalue weighted by molar-refractivity contribution is 7.79. The maximum Gasteiger partial charge on any atom is 0.170 e. The first-order chi connectivity index (χ1) is 11.2. The number of rotatable bonds is 5. The van der Waals surface area contributed by atoms with Gasteiger partial charge in [-0.1, -0.05) is 91.0 Å². The quantitative estimate of drug-likeness (QED) is 0.406. The van der Waals surface area contributed by atoms with Gasteiger partial charge in [0.05, 0.1) is 6.16 Å². The van der Waals surface area contributed by atoms with E-state index in [1.165, 1.54) is 0 Å². The summed E-state index contributed by atoms with van der Waals surface area (Å²) < 4.78 is 13.8. The van der Waals surface area contributed by atoms with Crippen LogP contribution in [0.2, 0.25) is 0 Å². The Balaban J connectivity index is 2.04. The first kappa shape index (κ1) is 15.5. The van der Waals surface area contributed by atoms with E-state index in [4.69, 9.17) is 0 Å². The van der Waals surface area contributed by atoms with Gasteiger partial charge in [0.2, 0.25) is 0 Å². The van der Waals surface area contributed by atoms with Crippen LogP contribution in [0, 0.1) is 0 Å². The fourth-order valence-corrected chi connectivity index (χ4v) is 5.14. The Morgan fingerprint density at radius 1 is 0.696 bits per heavy atom. The van der Waals surface area contributed by atoms with Gasteiger partial charge in [0.15, 0.2) is 12.9 Å². The van der Waals surface area contributed by atoms with E-state index in [1.54, 1.807) is 12.1 Å². The van der Waals surface area contributed by atoms with E-state index < -0.39 is 7.14 Å². The normalized spacial score (nSPS) is 11.1. The molecular weight excluding hydrogens is 305 g/mol. The molecule has 0 atom stereocenters. The number of benzene rings is 3. The van der Waals surface area contributed by atoms with Gasteiger partial charge in [-0.05, 0) is 0 Å². The molecule has 0 saturated carbocycles. The zero-order valence-corrected chi connectivity index (χ0v) is 13.5. The van der Waals surface area contributed by atoms with Crippen molar-refractivity contribution in [3.05, 3.63) is 96.6 Å². The number of hydrogen-bond acceptors (Lipinski definition) is 2. The van der Waals surface area contributed by atoms with Crippen molar-refractivity contribution in [2.24, 2.45) is 0 Å². The van der Waals surface area contributed by atoms with E-state index in [9.17, 15) is 9.36 Å². The molecule has 0 fully saturated rings. The molecule has 0 saturated heterocycles. The van der Waals surface area contributed by atoms with Gasteiger partial charge in [0.1, 0.15) is 0 Å². The van der Waals surface area contributed by atoms with Crippen molar-refractivity contribution < 1.29 is 9.36 Å². The van der Waals surface area contributed by atoms with Crippen LogP contribution in [0.15, 0.2) is 91.0 Å². The number of carbonyl (C=O) groups excluding carboxylic acids is 1. The molecule has 0 radical (unpaired) electrons. The van der Waals surface area contributed by atoms with Crippen molar-refractivity contribution in [1.29, 1.82) is 0 Å². The van der Waals surface area contributed by atoms with Crippen molar-refractivity contribution >= 4 is 23.5 Å². The third-order valence-corrected chi connectivity index (χ3v) is 6.81. The van der Waals surface area contributed by atoms with E-state index in [1.807, 2.05) is 78.9 Å². The minimum Gasteiger partial charge on any atom is -0.313 e. The lowest BCUT2D eigenvalue weighted by atomic mass is 10.2. The van der Waals surface area contributed by atoms with Gasteiger partial charge < -0.3 is 4.57 Å². The largest absolute Gasteiger partial charge is 0.313 e. The second-order valence-corrected chi connectivity index (χ2v) is 8.19. The van der Waals surface area contributed by atoms with Gasteiger partial charge in [0, 0.05) is 16.2 Å². The first-order valence-electron chi connectivity index (χ1n) is 7.49. The summed E-state index contributed by atoms with van der Waals surface area (Å²) in [5, 5.41) is 1.44. The summed E-state index contributed by atoms with van der Waals surface area (Å²) in [5.41, 5.74) is 0.597. The molecule has 114 valence electrons. The minimum absolute atomic E-state index is 0.00500. The summed E-state index contributed by atoms with van der Waals surface area (Å²) in [6, 6.07) is 27.6. The third kappa shape index (κ3) is 3.33. The Bertz CT molecular complexity index is 784. The van der Waals surface area contributed by atoms with Gasteiger partial charge >= 0.3 is 0 Å². The predicted octanol–water partition coefficient (Wildman–Crippen LogP) is 3.88. The molecule has 2 nitrogen and oxygen atoms in total. The fraction of sp³-hybridized carbons (Fsp3) is 0.0500. The maximum atomic E-state index is 13.8. The van der Waals surface area contributed by atoms with Crippen LogP contribution in [-0.2, 0) is 4.57 Å². The highest BCUT2D eigenvalue weighted by Crippen LogP contribution is 2.43. The maximum absolute atomic E-state index is 13.8. The molecule has 0 aliphatic heterocycles. The summed E-state index contributed by atoms with van der Waals surface area (Å²) in [7, 11) is -3.00. The number of carbonyl (C=O) groups is 1. The fourth-order valence-electron chi connectivity index (χ4n) is 2.59. The van der Waals surface area contributed by atoms with E-state index in [0.29, 0.717) is 5.56 Å². The van der Waals surface area contributed by atoms with Crippen LogP contribution >= 0.6 is 7.14 Å². The van der Waals surface area contributed by atoms with Crippen LogP contribution in [0.25, 0.3) is 0 Å². The number of hydrogen-bond donors (Lipinski definition) is 0. The molecule has 0 aromatic heterocycles. The van der Waals surface area contributed by atoms with Crippen LogP contribution in [0.3, 0.4) is 0 Å². The SMILES string of the molecule is O=P(CC(=[18O])c1ccccc1)(c1ccccc1)c1ccccc1. The monoisotopic (exact) mass is 322 g/mol. The topological polar surface area (TPSA) is 34.1 Å². The molecule has 3 heteroatoms. The molecule has 3 aromatic carbocycles. The lowest BCUT2D eigenvalue weighted by Crippen LogP contribution is -2.22. The summed E-state index contributed by atoms with van der Waals surface area (Å²) >= 11 is 0. The summed E-state index contributed by atoms with van der Waals surface area (Å²) in [5.74, 6) is -0.0957. The molecule has 3 aromatic rings. The highest BCUT2D eigenvalue weighted by atomic mass is 31.2. The molecule has 0 unspecified atom stereocenters. The molecule has 0 amide bonds. The smallest absolute Gasteiger partial charge is 0.170 e. The first-order valence-corrected chi connectivity index (χ1v) is 9.38. The van der Waals surface area contributed by atoms with Crippen molar-refractivity contribution in [3.8, 4) is 0 Å². The number of Topliss-reactive ketones (excluding diaryl/α,β-unsaturated/α-hetero) is 1. The molecule has 0 bridgehead atoms. The Hall–Kier alpha value is -2.44. The van der Waals surface area contributed by atoms with Gasteiger partial charge in [-0.3, -0.25) is 4.79 Å². The second-order valence-electron chi connectivity index (χ2n) is 5.36. The van der Waals surface area contributed by atoms with Crippen LogP contribution in [0.5, 0.6) is 0 Å². The summed E-state index contributed by atoms with van der Waals surface area (Å²) in [4.78, 5) is 12.6. The van der Waals surface area contributed by atoms with Crippen LogP contribution < -0.4 is 10.6 Å². The Morgan fingerprint density at radius 2 is 1.09 bits per heavy atom.